The molecule has 1 heterocycles. The van der Waals surface area contributed by atoms with E-state index in [2.05, 4.69) is 91.0 Å². The van der Waals surface area contributed by atoms with Gasteiger partial charge in [0, 0.05) is 26.1 Å². The van der Waals surface area contributed by atoms with Crippen molar-refractivity contribution in [3.05, 3.63) is 0 Å². The second-order valence-corrected chi connectivity index (χ2v) is 18.5. The normalized spacial score (nSPS) is 12.5. The van der Waals surface area contributed by atoms with Crippen molar-refractivity contribution in [2.45, 2.75) is 205 Å². The van der Waals surface area contributed by atoms with Gasteiger partial charge in [-0.15, -0.1) is 0 Å². The average molecular weight is 1110 g/mol. The molecule has 24 nitrogen and oxygen atoms in total. The second-order valence-electron chi connectivity index (χ2n) is 18.5. The molecule has 0 aliphatic carbocycles. The van der Waals surface area contributed by atoms with Gasteiger partial charge in [0.2, 0.25) is 47.3 Å². The summed E-state index contributed by atoms with van der Waals surface area (Å²) in [4.78, 5) is 121. The maximum atomic E-state index is 12.8. The number of carbonyl (C=O) groups excluding carboxylic acids is 8. The number of nitrogens with one attached hydrogen (secondary N) is 8. The summed E-state index contributed by atoms with van der Waals surface area (Å²) in [6.45, 7) is 27.1. The van der Waals surface area contributed by atoms with Gasteiger partial charge in [-0.3, -0.25) is 47.9 Å². The Bertz CT molecular complexity index is 1550. The van der Waals surface area contributed by atoms with E-state index in [0.29, 0.717) is 25.3 Å². The number of hydrogen-bond acceptors (Lipinski definition) is 14. The number of aliphatic carboxylic acids is 2. The molecule has 24 heteroatoms. The van der Waals surface area contributed by atoms with E-state index in [9.17, 15) is 43.2 Å². The number of carboxylic acid groups (broad SMARTS) is 2. The zero-order valence-electron chi connectivity index (χ0n) is 49.9. The van der Waals surface area contributed by atoms with Gasteiger partial charge in [-0.2, -0.15) is 0 Å². The van der Waals surface area contributed by atoms with E-state index in [-0.39, 0.29) is 25.4 Å². The molecule has 1 fully saturated rings. The van der Waals surface area contributed by atoms with Crippen LogP contribution in [0, 0.1) is 11.8 Å². The summed E-state index contributed by atoms with van der Waals surface area (Å²) in [5.41, 5.74) is 15.6. The highest BCUT2D eigenvalue weighted by atomic mass is 16.4. The Morgan fingerprint density at radius 2 is 1.03 bits per heavy atom. The highest BCUT2D eigenvalue weighted by molar-refractivity contribution is 5.95. The van der Waals surface area contributed by atoms with Crippen LogP contribution >= 0.6 is 0 Å². The summed E-state index contributed by atoms with van der Waals surface area (Å²) < 4.78 is 0. The zero-order chi connectivity index (χ0) is 60.7. The standard InChI is InChI=1S/C32H56N10O10.C5H12.2C4H11N.C4H10.C2H4O2.C2H6/c1-5-10-42(18-27(46)35-14-26(45)41-23(11-19(2)3)32(52)38-17-29(48)49)28(47)16-37-30(50)20(4)39-25(44)15-36-31(51)22(40-24(43)12-33)9-7-6-8-21-13-34-21;1-4-5(2)3;2*1-2-3-4-5;1-3-4-2;1-2(3)4;1-2/h19-23,34H,5-18,33H2,1-4H3,(H,35,46)(H,36,51)(H,37,50)(H,38,52)(H,39,44)(H,40,43)(H,41,45)(H,48,49);5H,4H2,1-3H3;2*2-5H2,1H3;3-4H2,1-2H3;1H3,(H,3,4);1-2H3. The first kappa shape index (κ1) is 82.9. The summed E-state index contributed by atoms with van der Waals surface area (Å²) in [5.74, 6) is -6.33. The monoisotopic (exact) mass is 1110 g/mol. The molecule has 0 radical (unpaired) electrons. The van der Waals surface area contributed by atoms with Crippen LogP contribution in [0.2, 0.25) is 0 Å². The molecule has 1 aliphatic rings. The predicted octanol–water partition coefficient (Wildman–Crippen LogP) is 2.25. The molecule has 4 atom stereocenters. The van der Waals surface area contributed by atoms with Gasteiger partial charge in [-0.1, -0.05) is 128 Å². The smallest absolute Gasteiger partial charge is 0.322 e. The van der Waals surface area contributed by atoms with Gasteiger partial charge in [0.05, 0.1) is 32.7 Å². The van der Waals surface area contributed by atoms with E-state index >= 15 is 0 Å². The molecule has 454 valence electrons. The molecular formula is C53H110N12O12. The quantitative estimate of drug-likeness (QED) is 0.0339. The lowest BCUT2D eigenvalue weighted by Gasteiger charge is -2.23. The zero-order valence-corrected chi connectivity index (χ0v) is 49.9. The number of rotatable bonds is 32. The van der Waals surface area contributed by atoms with Crippen molar-refractivity contribution in [1.29, 1.82) is 0 Å². The van der Waals surface area contributed by atoms with Gasteiger partial charge in [-0.05, 0) is 70.4 Å². The van der Waals surface area contributed by atoms with Crippen LogP contribution in [0.15, 0.2) is 0 Å². The SMILES string of the molecule is CC.CC(=O)O.CCC(C)C.CCCC.CCCCN.CCCCN.CCCN(CC(=O)NCC(=O)NC(CC(C)C)C(=O)NCC(=O)O)C(=O)CNC(=O)C(C)NC(=O)CNC(=O)C(CCCCC1CN1)NC(=O)CN. The fraction of sp³-hybridized carbons (Fsp3) is 0.811. The molecule has 0 aromatic heterocycles. The summed E-state index contributed by atoms with van der Waals surface area (Å²) in [6, 6.07) is -2.49. The minimum Gasteiger partial charge on any atom is -0.481 e. The van der Waals surface area contributed by atoms with E-state index < -0.39 is 110 Å². The highest BCUT2D eigenvalue weighted by Crippen LogP contribution is 2.11. The van der Waals surface area contributed by atoms with E-state index in [1.165, 1.54) is 56.8 Å². The van der Waals surface area contributed by atoms with Crippen molar-refractivity contribution < 1.29 is 58.2 Å². The minimum atomic E-state index is -1.25. The van der Waals surface area contributed by atoms with E-state index in [1.54, 1.807) is 6.92 Å². The van der Waals surface area contributed by atoms with Gasteiger partial charge >= 0.3 is 5.97 Å². The largest absolute Gasteiger partial charge is 0.481 e. The number of carboxylic acids is 2. The molecule has 0 bridgehead atoms. The first-order valence-corrected chi connectivity index (χ1v) is 27.8. The van der Waals surface area contributed by atoms with Crippen molar-refractivity contribution in [3.8, 4) is 0 Å². The Labute approximate surface area is 462 Å². The van der Waals surface area contributed by atoms with Crippen LogP contribution in [0.5, 0.6) is 0 Å². The molecule has 8 amide bonds. The first-order valence-electron chi connectivity index (χ1n) is 27.8. The van der Waals surface area contributed by atoms with Gasteiger partial charge < -0.3 is 74.8 Å². The van der Waals surface area contributed by atoms with Gasteiger partial charge in [0.25, 0.3) is 5.97 Å². The third kappa shape index (κ3) is 63.0. The lowest BCUT2D eigenvalue weighted by atomic mass is 10.0. The van der Waals surface area contributed by atoms with Gasteiger partial charge in [0.15, 0.2) is 0 Å². The fourth-order valence-corrected chi connectivity index (χ4v) is 5.24. The van der Waals surface area contributed by atoms with E-state index in [0.717, 1.165) is 45.3 Å². The Hall–Kier alpha value is -5.46. The molecule has 0 aromatic carbocycles. The Kier molecular flexibility index (Phi) is 62.7. The summed E-state index contributed by atoms with van der Waals surface area (Å²) in [6.07, 6.45) is 12.3. The third-order valence-corrected chi connectivity index (χ3v) is 10.1. The molecule has 0 aromatic rings. The molecule has 0 saturated carbocycles. The average Bonchev–Trinajstić information content (AvgIpc) is 4.22. The van der Waals surface area contributed by atoms with Crippen molar-refractivity contribution >= 4 is 59.2 Å². The van der Waals surface area contributed by atoms with E-state index in [1.807, 2.05) is 27.7 Å². The summed E-state index contributed by atoms with van der Waals surface area (Å²) in [7, 11) is 0. The molecule has 1 rings (SSSR count). The minimum absolute atomic E-state index is 0.0120. The number of nitrogens with zero attached hydrogens (tertiary/aromatic N) is 1. The van der Waals surface area contributed by atoms with Crippen LogP contribution in [-0.4, -0.2) is 164 Å². The highest BCUT2D eigenvalue weighted by Gasteiger charge is 2.26. The molecule has 1 saturated heterocycles. The second kappa shape index (κ2) is 58.2. The maximum Gasteiger partial charge on any atom is 0.322 e. The molecule has 1 aliphatic heterocycles. The molecule has 16 N–H and O–H groups in total. The summed E-state index contributed by atoms with van der Waals surface area (Å²) in [5, 5.41) is 36.3. The van der Waals surface area contributed by atoms with Gasteiger partial charge in [-0.25, -0.2) is 0 Å². The van der Waals surface area contributed by atoms with Crippen LogP contribution in [0.1, 0.15) is 180 Å². The van der Waals surface area contributed by atoms with Crippen LogP contribution in [-0.2, 0) is 47.9 Å². The Balaban J connectivity index is -0.000000416. The number of hydrogen-bond donors (Lipinski definition) is 13. The van der Waals surface area contributed by atoms with E-state index in [4.69, 9.17) is 32.2 Å². The van der Waals surface area contributed by atoms with Crippen molar-refractivity contribution in [2.75, 3.05) is 65.4 Å². The van der Waals surface area contributed by atoms with Gasteiger partial charge in [0.1, 0.15) is 24.7 Å². The lowest BCUT2D eigenvalue weighted by molar-refractivity contribution is -0.138. The van der Waals surface area contributed by atoms with Crippen LogP contribution in [0.3, 0.4) is 0 Å². The molecule has 0 spiro atoms. The third-order valence-electron chi connectivity index (χ3n) is 10.1. The van der Waals surface area contributed by atoms with Crippen molar-refractivity contribution in [3.63, 3.8) is 0 Å². The maximum absolute atomic E-state index is 12.8. The number of amides is 8. The number of nitrogens with two attached hydrogens (primary N) is 3. The first-order chi connectivity index (χ1) is 36.3. The lowest BCUT2D eigenvalue weighted by Crippen LogP contribution is -2.53. The van der Waals surface area contributed by atoms with Crippen LogP contribution in [0.4, 0.5) is 0 Å². The Morgan fingerprint density at radius 3 is 1.43 bits per heavy atom. The number of unbranched alkanes of at least 4 members (excludes halogenated alkanes) is 4. The van der Waals surface area contributed by atoms with Crippen LogP contribution in [0.25, 0.3) is 0 Å². The number of carbonyl (C=O) groups is 10. The fourth-order valence-electron chi connectivity index (χ4n) is 5.24. The summed E-state index contributed by atoms with van der Waals surface area (Å²) >= 11 is 0. The van der Waals surface area contributed by atoms with Crippen molar-refractivity contribution in [2.24, 2.45) is 29.0 Å². The Morgan fingerprint density at radius 1 is 0.571 bits per heavy atom. The predicted molar refractivity (Wildman–Crippen MR) is 305 cm³/mol. The van der Waals surface area contributed by atoms with Crippen LogP contribution < -0.4 is 59.7 Å². The van der Waals surface area contributed by atoms with Crippen molar-refractivity contribution in [1.82, 2.24) is 47.4 Å². The molecular weight excluding hydrogens is 997 g/mol. The topological polar surface area (TPSA) is 399 Å². The molecule has 4 unspecified atom stereocenters. The molecule has 77 heavy (non-hydrogen) atoms.